The Balaban J connectivity index is 2.01. The molecular formula is C19H26N4O2S. The molecule has 1 aromatic carbocycles. The largest absolute Gasteiger partial charge is 0.493 e. The minimum Gasteiger partial charge on any atom is -0.493 e. The first-order valence-corrected chi connectivity index (χ1v) is 8.78. The normalized spacial score (nSPS) is 11.0. The van der Waals surface area contributed by atoms with Crippen LogP contribution in [0.4, 0.5) is 5.69 Å². The van der Waals surface area contributed by atoms with Crippen LogP contribution in [0.2, 0.25) is 0 Å². The molecule has 0 aliphatic carbocycles. The lowest BCUT2D eigenvalue weighted by Gasteiger charge is -2.13. The van der Waals surface area contributed by atoms with Crippen LogP contribution in [0.15, 0.2) is 29.4 Å². The Morgan fingerprint density at radius 1 is 1.15 bits per heavy atom. The van der Waals surface area contributed by atoms with Gasteiger partial charge < -0.3 is 19.4 Å². The van der Waals surface area contributed by atoms with E-state index in [4.69, 9.17) is 21.7 Å². The van der Waals surface area contributed by atoms with E-state index in [0.29, 0.717) is 22.7 Å². The number of anilines is 1. The molecule has 0 aliphatic heterocycles. The van der Waals surface area contributed by atoms with Crippen molar-refractivity contribution in [3.8, 4) is 11.5 Å². The second-order valence-electron chi connectivity index (χ2n) is 6.18. The monoisotopic (exact) mass is 374 g/mol. The number of rotatable bonds is 6. The van der Waals surface area contributed by atoms with E-state index in [1.54, 1.807) is 20.4 Å². The number of aryl methyl sites for hydroxylation is 1. The summed E-state index contributed by atoms with van der Waals surface area (Å²) in [6.45, 7) is 8.53. The number of thiocarbonyl (C=S) groups is 1. The van der Waals surface area contributed by atoms with E-state index in [0.717, 1.165) is 11.3 Å². The Hall–Kier alpha value is -2.54. The van der Waals surface area contributed by atoms with Gasteiger partial charge >= 0.3 is 0 Å². The molecule has 7 heteroatoms. The first-order chi connectivity index (χ1) is 12.4. The number of hydrogen-bond donors (Lipinski definition) is 2. The van der Waals surface area contributed by atoms with Gasteiger partial charge in [0, 0.05) is 34.7 Å². The lowest BCUT2D eigenvalue weighted by molar-refractivity contribution is 0.355. The summed E-state index contributed by atoms with van der Waals surface area (Å²) in [4.78, 5) is 0. The van der Waals surface area contributed by atoms with Crippen molar-refractivity contribution in [2.45, 2.75) is 33.7 Å². The summed E-state index contributed by atoms with van der Waals surface area (Å²) in [6, 6.07) is 8.01. The molecule has 0 bridgehead atoms. The fourth-order valence-electron chi connectivity index (χ4n) is 2.96. The zero-order valence-corrected chi connectivity index (χ0v) is 16.9. The van der Waals surface area contributed by atoms with Gasteiger partial charge in [0.25, 0.3) is 0 Å². The number of nitrogens with one attached hydrogen (secondary N) is 2. The third-order valence-corrected chi connectivity index (χ3v) is 4.24. The summed E-state index contributed by atoms with van der Waals surface area (Å²) in [5.74, 6) is 1.29. The lowest BCUT2D eigenvalue weighted by atomic mass is 10.2. The van der Waals surface area contributed by atoms with Crippen LogP contribution in [-0.2, 0) is 0 Å². The highest BCUT2D eigenvalue weighted by molar-refractivity contribution is 7.80. The number of aromatic nitrogens is 1. The third-order valence-electron chi connectivity index (χ3n) is 4.05. The molecule has 140 valence electrons. The molecule has 2 aromatic rings. The Kier molecular flexibility index (Phi) is 6.63. The summed E-state index contributed by atoms with van der Waals surface area (Å²) in [6.07, 6.45) is 1.78. The fourth-order valence-corrected chi connectivity index (χ4v) is 3.13. The van der Waals surface area contributed by atoms with Crippen LogP contribution >= 0.6 is 12.2 Å². The van der Waals surface area contributed by atoms with Gasteiger partial charge in [0.15, 0.2) is 16.6 Å². The van der Waals surface area contributed by atoms with Crippen LogP contribution in [0.5, 0.6) is 11.5 Å². The molecule has 2 N–H and O–H groups in total. The van der Waals surface area contributed by atoms with Gasteiger partial charge in [0.1, 0.15) is 0 Å². The second kappa shape index (κ2) is 8.71. The van der Waals surface area contributed by atoms with Crippen molar-refractivity contribution >= 4 is 29.2 Å². The van der Waals surface area contributed by atoms with E-state index < -0.39 is 0 Å². The minimum atomic E-state index is 0.395. The average Bonchev–Trinajstić information content (AvgIpc) is 2.88. The first kappa shape index (κ1) is 19.8. The first-order valence-electron chi connectivity index (χ1n) is 8.37. The highest BCUT2D eigenvalue weighted by Crippen LogP contribution is 2.29. The third kappa shape index (κ3) is 4.54. The predicted molar refractivity (Wildman–Crippen MR) is 111 cm³/mol. The topological polar surface area (TPSA) is 59.8 Å². The number of ether oxygens (including phenoxy) is 2. The molecule has 6 nitrogen and oxygen atoms in total. The maximum atomic E-state index is 5.28. The van der Waals surface area contributed by atoms with E-state index in [1.807, 2.05) is 18.2 Å². The van der Waals surface area contributed by atoms with Crippen molar-refractivity contribution in [3.63, 3.8) is 0 Å². The van der Waals surface area contributed by atoms with Crippen molar-refractivity contribution in [3.05, 3.63) is 41.2 Å². The number of benzene rings is 1. The van der Waals surface area contributed by atoms with E-state index >= 15 is 0 Å². The Morgan fingerprint density at radius 3 is 2.42 bits per heavy atom. The number of methoxy groups -OCH3 is 2. The molecule has 26 heavy (non-hydrogen) atoms. The maximum absolute atomic E-state index is 5.28. The quantitative estimate of drug-likeness (QED) is 0.454. The highest BCUT2D eigenvalue weighted by Gasteiger charge is 2.10. The maximum Gasteiger partial charge on any atom is 0.191 e. The van der Waals surface area contributed by atoms with Crippen molar-refractivity contribution in [2.24, 2.45) is 5.10 Å². The molecule has 0 aliphatic rings. The van der Waals surface area contributed by atoms with Gasteiger partial charge in [-0.15, -0.1) is 0 Å². The van der Waals surface area contributed by atoms with Gasteiger partial charge in [0.05, 0.1) is 20.4 Å². The summed E-state index contributed by atoms with van der Waals surface area (Å²) in [5.41, 5.74) is 7.09. The lowest BCUT2D eigenvalue weighted by Crippen LogP contribution is -2.23. The van der Waals surface area contributed by atoms with Crippen LogP contribution < -0.4 is 20.2 Å². The Morgan fingerprint density at radius 2 is 1.85 bits per heavy atom. The van der Waals surface area contributed by atoms with Gasteiger partial charge in [-0.25, -0.2) is 0 Å². The Bertz CT molecular complexity index is 812. The summed E-state index contributed by atoms with van der Waals surface area (Å²) in [7, 11) is 3.19. The molecule has 0 unspecified atom stereocenters. The van der Waals surface area contributed by atoms with E-state index in [2.05, 4.69) is 54.2 Å². The van der Waals surface area contributed by atoms with Gasteiger partial charge in [0.2, 0.25) is 0 Å². The van der Waals surface area contributed by atoms with Crippen LogP contribution in [0.1, 0.15) is 36.8 Å². The van der Waals surface area contributed by atoms with E-state index in [9.17, 15) is 0 Å². The van der Waals surface area contributed by atoms with Crippen molar-refractivity contribution in [1.82, 2.24) is 9.99 Å². The predicted octanol–water partition coefficient (Wildman–Crippen LogP) is 4.02. The summed E-state index contributed by atoms with van der Waals surface area (Å²) < 4.78 is 12.8. The van der Waals surface area contributed by atoms with Crippen LogP contribution in [0.25, 0.3) is 0 Å². The SMILES string of the molecule is COc1ccc(NC(=S)N/N=C\c2cc(C)n(C(C)C)c2C)cc1OC. The zero-order valence-electron chi connectivity index (χ0n) is 16.1. The Labute approximate surface area is 160 Å². The van der Waals surface area contributed by atoms with Crippen molar-refractivity contribution in [2.75, 3.05) is 19.5 Å². The number of hydrogen-bond acceptors (Lipinski definition) is 4. The molecule has 0 amide bonds. The van der Waals surface area contributed by atoms with Gasteiger partial charge in [-0.1, -0.05) is 0 Å². The molecular weight excluding hydrogens is 348 g/mol. The van der Waals surface area contributed by atoms with Gasteiger partial charge in [-0.3, -0.25) is 5.43 Å². The molecule has 0 fully saturated rings. The zero-order chi connectivity index (χ0) is 19.3. The molecule has 1 heterocycles. The van der Waals surface area contributed by atoms with E-state index in [1.165, 1.54) is 11.4 Å². The van der Waals surface area contributed by atoms with Crippen LogP contribution in [0, 0.1) is 13.8 Å². The van der Waals surface area contributed by atoms with Crippen molar-refractivity contribution in [1.29, 1.82) is 0 Å². The minimum absolute atomic E-state index is 0.395. The number of hydrazone groups is 1. The highest BCUT2D eigenvalue weighted by atomic mass is 32.1. The van der Waals surface area contributed by atoms with Crippen molar-refractivity contribution < 1.29 is 9.47 Å². The molecule has 0 saturated carbocycles. The molecule has 0 radical (unpaired) electrons. The second-order valence-corrected chi connectivity index (χ2v) is 6.59. The van der Waals surface area contributed by atoms with Gasteiger partial charge in [-0.05, 0) is 58.1 Å². The van der Waals surface area contributed by atoms with E-state index in [-0.39, 0.29) is 0 Å². The fraction of sp³-hybridized carbons (Fsp3) is 0.368. The number of nitrogens with zero attached hydrogens (tertiary/aromatic N) is 2. The molecule has 2 rings (SSSR count). The molecule has 0 saturated heterocycles. The van der Waals surface area contributed by atoms with Crippen LogP contribution in [0.3, 0.4) is 0 Å². The van der Waals surface area contributed by atoms with Crippen LogP contribution in [-0.4, -0.2) is 30.1 Å². The molecule has 0 spiro atoms. The molecule has 1 aromatic heterocycles. The van der Waals surface area contributed by atoms with Gasteiger partial charge in [-0.2, -0.15) is 5.10 Å². The summed E-state index contributed by atoms with van der Waals surface area (Å²) in [5, 5.41) is 7.70. The molecule has 0 atom stereocenters. The standard InChI is InChI=1S/C19H26N4O2S/c1-12(2)23-13(3)9-15(14(23)4)11-20-22-19(26)21-16-7-8-17(24-5)18(10-16)25-6/h7-12H,1-6H3,(H2,21,22,26)/b20-11-. The average molecular weight is 375 g/mol. The summed E-state index contributed by atoms with van der Waals surface area (Å²) >= 11 is 5.28. The smallest absolute Gasteiger partial charge is 0.191 e.